The van der Waals surface area contributed by atoms with E-state index in [1.54, 1.807) is 6.07 Å². The predicted molar refractivity (Wildman–Crippen MR) is 162 cm³/mol. The highest BCUT2D eigenvalue weighted by atomic mass is 19.1. The number of carbonyl (C=O) groups excluding carboxylic acids is 3. The second-order valence-corrected chi connectivity index (χ2v) is 12.2. The molecule has 2 N–H and O–H groups in total. The highest BCUT2D eigenvalue weighted by molar-refractivity contribution is 5.91. The minimum atomic E-state index is -0.945. The quantitative estimate of drug-likeness (QED) is 0.315. The average molecular weight is 590 g/mol. The monoisotopic (exact) mass is 589 g/mol. The molecule has 1 saturated heterocycles. The molecule has 0 saturated carbocycles. The number of rotatable bonds is 7. The molecule has 0 unspecified atom stereocenters. The van der Waals surface area contributed by atoms with Crippen LogP contribution in [0.1, 0.15) is 76.5 Å². The number of benzene rings is 2. The summed E-state index contributed by atoms with van der Waals surface area (Å²) in [6, 6.07) is 9.85. The van der Waals surface area contributed by atoms with Crippen LogP contribution in [0.15, 0.2) is 42.0 Å². The summed E-state index contributed by atoms with van der Waals surface area (Å²) in [6.07, 6.45) is 5.56. The summed E-state index contributed by atoms with van der Waals surface area (Å²) in [7, 11) is 0. The summed E-state index contributed by atoms with van der Waals surface area (Å²) in [5, 5.41) is 15.4. The van der Waals surface area contributed by atoms with Crippen molar-refractivity contribution in [3.63, 3.8) is 0 Å². The number of carbonyl (C=O) groups is 3. The van der Waals surface area contributed by atoms with Crippen LogP contribution in [0.4, 0.5) is 10.1 Å². The van der Waals surface area contributed by atoms with E-state index in [0.29, 0.717) is 37.9 Å². The Balaban J connectivity index is 1.40. The number of halogens is 1. The highest BCUT2D eigenvalue weighted by Gasteiger charge is 2.26. The lowest BCUT2D eigenvalue weighted by molar-refractivity contribution is -0.148. The van der Waals surface area contributed by atoms with E-state index < -0.39 is 35.4 Å². The maximum absolute atomic E-state index is 15.3. The van der Waals surface area contributed by atoms with Gasteiger partial charge in [0.1, 0.15) is 23.6 Å². The van der Waals surface area contributed by atoms with Crippen LogP contribution in [0.25, 0.3) is 11.1 Å². The van der Waals surface area contributed by atoms with E-state index in [-0.39, 0.29) is 12.3 Å². The number of nitrogens with one attached hydrogen (secondary N) is 2. The molecule has 2 aliphatic rings. The number of nitriles is 1. The van der Waals surface area contributed by atoms with Gasteiger partial charge < -0.3 is 20.1 Å². The molecule has 4 rings (SSSR count). The summed E-state index contributed by atoms with van der Waals surface area (Å²) in [5.74, 6) is -1.42. The summed E-state index contributed by atoms with van der Waals surface area (Å²) in [6.45, 7) is 7.24. The van der Waals surface area contributed by atoms with E-state index in [2.05, 4.69) is 16.7 Å². The van der Waals surface area contributed by atoms with Crippen LogP contribution in [0.5, 0.6) is 0 Å². The number of hydrogen-bond acceptors (Lipinski definition) is 6. The molecular formula is C34H40FN3O5. The molecule has 2 aromatic rings. The second kappa shape index (κ2) is 14.0. The molecule has 43 heavy (non-hydrogen) atoms. The fourth-order valence-corrected chi connectivity index (χ4v) is 5.68. The van der Waals surface area contributed by atoms with E-state index in [1.807, 2.05) is 39.0 Å². The third-order valence-corrected chi connectivity index (χ3v) is 7.57. The Bertz CT molecular complexity index is 1450. The minimum Gasteiger partial charge on any atom is -0.457 e. The molecule has 2 amide bonds. The summed E-state index contributed by atoms with van der Waals surface area (Å²) in [4.78, 5) is 36.9. The third kappa shape index (κ3) is 8.74. The zero-order chi connectivity index (χ0) is 31.1. The van der Waals surface area contributed by atoms with Gasteiger partial charge in [0, 0.05) is 31.7 Å². The van der Waals surface area contributed by atoms with Gasteiger partial charge in [0.15, 0.2) is 0 Å². The van der Waals surface area contributed by atoms with E-state index in [4.69, 9.17) is 9.47 Å². The molecule has 1 heterocycles. The van der Waals surface area contributed by atoms with Crippen LogP contribution < -0.4 is 10.6 Å². The number of fused-ring (bicyclic) bond motifs is 1. The van der Waals surface area contributed by atoms with Gasteiger partial charge in [-0.3, -0.25) is 9.59 Å². The molecule has 228 valence electrons. The van der Waals surface area contributed by atoms with Crippen molar-refractivity contribution in [2.24, 2.45) is 0 Å². The topological polar surface area (TPSA) is 118 Å². The smallest absolute Gasteiger partial charge is 0.331 e. The Morgan fingerprint density at radius 1 is 1.12 bits per heavy atom. The molecule has 8 nitrogen and oxygen atoms in total. The Kier molecular flexibility index (Phi) is 10.4. The largest absolute Gasteiger partial charge is 0.457 e. The number of esters is 1. The van der Waals surface area contributed by atoms with E-state index in [0.717, 1.165) is 52.8 Å². The molecule has 9 heteroatoms. The lowest BCUT2D eigenvalue weighted by atomic mass is 9.94. The molecule has 1 aliphatic carbocycles. The van der Waals surface area contributed by atoms with Gasteiger partial charge in [0.2, 0.25) is 11.8 Å². The molecular weight excluding hydrogens is 549 g/mol. The highest BCUT2D eigenvalue weighted by Crippen LogP contribution is 2.37. The number of allylic oxidation sites excluding steroid dienone is 1. The van der Waals surface area contributed by atoms with Crippen molar-refractivity contribution in [3.05, 3.63) is 64.5 Å². The summed E-state index contributed by atoms with van der Waals surface area (Å²) >= 11 is 0. The van der Waals surface area contributed by atoms with Gasteiger partial charge in [0.05, 0.1) is 6.07 Å². The van der Waals surface area contributed by atoms with Crippen LogP contribution in [-0.4, -0.2) is 42.1 Å². The van der Waals surface area contributed by atoms with Crippen molar-refractivity contribution in [1.29, 1.82) is 5.26 Å². The van der Waals surface area contributed by atoms with Crippen molar-refractivity contribution < 1.29 is 28.2 Å². The normalized spacial score (nSPS) is 18.5. The zero-order valence-corrected chi connectivity index (χ0v) is 25.3. The summed E-state index contributed by atoms with van der Waals surface area (Å²) < 4.78 is 26.5. The molecule has 0 aromatic heterocycles. The molecule has 0 bridgehead atoms. The molecule has 0 spiro atoms. The second-order valence-electron chi connectivity index (χ2n) is 12.2. The van der Waals surface area contributed by atoms with Gasteiger partial charge in [-0.2, -0.15) is 5.26 Å². The Hall–Kier alpha value is -4.03. The van der Waals surface area contributed by atoms with Crippen molar-refractivity contribution in [1.82, 2.24) is 5.32 Å². The van der Waals surface area contributed by atoms with Gasteiger partial charge in [-0.1, -0.05) is 23.8 Å². The van der Waals surface area contributed by atoms with Crippen molar-refractivity contribution in [3.8, 4) is 17.2 Å². The summed E-state index contributed by atoms with van der Waals surface area (Å²) in [5.41, 5.74) is 5.29. The maximum Gasteiger partial charge on any atom is 0.331 e. The Morgan fingerprint density at radius 3 is 2.58 bits per heavy atom. The maximum atomic E-state index is 15.3. The van der Waals surface area contributed by atoms with Crippen molar-refractivity contribution >= 4 is 23.5 Å². The molecule has 0 radical (unpaired) electrons. The lowest BCUT2D eigenvalue weighted by Gasteiger charge is -2.23. The van der Waals surface area contributed by atoms with Crippen molar-refractivity contribution in [2.75, 3.05) is 11.9 Å². The SMILES string of the molecule is CC(=O)Nc1ccc(-c2ccc(C[C@@H](C#N)NC(=O)[C@@H]3CC/C(=C/C(=O)OC(C)(C)C)CCCO3)c(F)c2)c2c1CCC2. The fraction of sp³-hybridized carbons (Fsp3) is 0.471. The standard InChI is InChI=1S/C34H40FN3O5/c1-21(39)37-30-14-13-26(27-8-5-9-28(27)30)23-11-12-24(29(35)19-23)18-25(20-36)38-33(41)31-15-10-22(7-6-16-42-31)17-32(40)43-34(2,3)4/h11-14,17,19,25,31H,5-10,15-16,18H2,1-4H3,(H,37,39)(H,38,41)/b22-17+/t25-,31-/m0/s1. The minimum absolute atomic E-state index is 0.00441. The van der Waals surface area contributed by atoms with Gasteiger partial charge >= 0.3 is 5.97 Å². The zero-order valence-electron chi connectivity index (χ0n) is 25.3. The van der Waals surface area contributed by atoms with Crippen LogP contribution >= 0.6 is 0 Å². The van der Waals surface area contributed by atoms with Gasteiger partial charge in [-0.05, 0) is 106 Å². The third-order valence-electron chi connectivity index (χ3n) is 7.57. The van der Waals surface area contributed by atoms with Crippen LogP contribution in [-0.2, 0) is 43.1 Å². The number of ether oxygens (including phenoxy) is 2. The first-order valence-corrected chi connectivity index (χ1v) is 14.9. The van der Waals surface area contributed by atoms with E-state index in [1.165, 1.54) is 19.1 Å². The fourth-order valence-electron chi connectivity index (χ4n) is 5.68. The van der Waals surface area contributed by atoms with Gasteiger partial charge in [0.25, 0.3) is 0 Å². The first-order chi connectivity index (χ1) is 20.4. The Morgan fingerprint density at radius 2 is 1.88 bits per heavy atom. The van der Waals surface area contributed by atoms with Crippen molar-refractivity contribution in [2.45, 2.75) is 96.8 Å². The molecule has 2 aromatic carbocycles. The van der Waals surface area contributed by atoms with Crippen LogP contribution in [0, 0.1) is 17.1 Å². The first kappa shape index (κ1) is 31.9. The number of anilines is 1. The molecule has 2 atom stereocenters. The number of amides is 2. The first-order valence-electron chi connectivity index (χ1n) is 14.9. The van der Waals surface area contributed by atoms with E-state index >= 15 is 4.39 Å². The van der Waals surface area contributed by atoms with Gasteiger partial charge in [-0.25, -0.2) is 9.18 Å². The average Bonchev–Trinajstić information content (AvgIpc) is 3.40. The molecule has 1 aliphatic heterocycles. The lowest BCUT2D eigenvalue weighted by Crippen LogP contribution is -2.43. The van der Waals surface area contributed by atoms with Crippen LogP contribution in [0.2, 0.25) is 0 Å². The number of nitrogens with zero attached hydrogens (tertiary/aromatic N) is 1. The molecule has 1 fully saturated rings. The number of hydrogen-bond donors (Lipinski definition) is 2. The van der Waals surface area contributed by atoms with E-state index in [9.17, 15) is 19.6 Å². The Labute approximate surface area is 252 Å². The van der Waals surface area contributed by atoms with Gasteiger partial charge in [-0.15, -0.1) is 0 Å². The predicted octanol–water partition coefficient (Wildman–Crippen LogP) is 5.72. The van der Waals surface area contributed by atoms with Crippen LogP contribution in [0.3, 0.4) is 0 Å².